The number of aromatic nitrogens is 1. The smallest absolute Gasteiger partial charge is 0.350 e. The van der Waals surface area contributed by atoms with Crippen LogP contribution in [0.4, 0.5) is 0 Å². The third-order valence-electron chi connectivity index (χ3n) is 3.43. The second-order valence-electron chi connectivity index (χ2n) is 4.84. The number of ether oxygens (including phenoxy) is 2. The fourth-order valence-corrected chi connectivity index (χ4v) is 2.49. The van der Waals surface area contributed by atoms with Gasteiger partial charge in [-0.1, -0.05) is 12.1 Å². The molecule has 0 saturated heterocycles. The molecule has 0 amide bonds. The molecule has 1 aliphatic heterocycles. The van der Waals surface area contributed by atoms with Crippen molar-refractivity contribution in [2.45, 2.75) is 18.9 Å². The lowest BCUT2D eigenvalue weighted by Crippen LogP contribution is -2.44. The summed E-state index contributed by atoms with van der Waals surface area (Å²) >= 11 is 0. The fourth-order valence-electron chi connectivity index (χ4n) is 2.49. The SMILES string of the molecule is COC(=O)[C@]1(C)Cc2cccn2-c2ccccc2O1. The Morgan fingerprint density at radius 3 is 2.89 bits per heavy atom. The summed E-state index contributed by atoms with van der Waals surface area (Å²) in [4.78, 5) is 12.0. The lowest BCUT2D eigenvalue weighted by Gasteiger charge is -2.26. The molecule has 1 atom stereocenters. The topological polar surface area (TPSA) is 40.5 Å². The second-order valence-corrected chi connectivity index (χ2v) is 4.84. The van der Waals surface area contributed by atoms with E-state index in [4.69, 9.17) is 9.47 Å². The molecule has 0 N–H and O–H groups in total. The Kier molecular flexibility index (Phi) is 2.59. The number of nitrogens with zero attached hydrogens (tertiary/aromatic N) is 1. The largest absolute Gasteiger partial charge is 0.473 e. The molecule has 0 fully saturated rings. The van der Waals surface area contributed by atoms with Gasteiger partial charge in [0, 0.05) is 18.3 Å². The third kappa shape index (κ3) is 1.80. The Balaban J connectivity index is 2.19. The van der Waals surface area contributed by atoms with E-state index in [1.807, 2.05) is 47.2 Å². The first-order valence-corrected chi connectivity index (χ1v) is 6.17. The highest BCUT2D eigenvalue weighted by molar-refractivity contribution is 5.80. The predicted octanol–water partition coefficient (Wildman–Crippen LogP) is 2.34. The van der Waals surface area contributed by atoms with Crippen molar-refractivity contribution in [2.24, 2.45) is 0 Å². The standard InChI is InChI=1S/C15H15NO3/c1-15(14(17)18-2)10-11-6-5-9-16(11)12-7-3-4-8-13(12)19-15/h3-9H,10H2,1-2H3/t15-/m0/s1. The minimum Gasteiger partial charge on any atom is -0.473 e. The quantitative estimate of drug-likeness (QED) is 0.736. The number of rotatable bonds is 1. The highest BCUT2D eigenvalue weighted by Crippen LogP contribution is 2.34. The van der Waals surface area contributed by atoms with Gasteiger partial charge < -0.3 is 14.0 Å². The molecule has 0 saturated carbocycles. The zero-order chi connectivity index (χ0) is 13.5. The van der Waals surface area contributed by atoms with Crippen LogP contribution in [0.1, 0.15) is 12.6 Å². The van der Waals surface area contributed by atoms with Crippen LogP contribution in [0.5, 0.6) is 5.75 Å². The monoisotopic (exact) mass is 257 g/mol. The zero-order valence-corrected chi connectivity index (χ0v) is 10.9. The van der Waals surface area contributed by atoms with Crippen LogP contribution >= 0.6 is 0 Å². The summed E-state index contributed by atoms with van der Waals surface area (Å²) in [7, 11) is 1.38. The van der Waals surface area contributed by atoms with Crippen LogP contribution < -0.4 is 4.74 Å². The van der Waals surface area contributed by atoms with Crippen LogP contribution in [0.2, 0.25) is 0 Å². The van der Waals surface area contributed by atoms with Gasteiger partial charge in [-0.3, -0.25) is 0 Å². The Bertz CT molecular complexity index is 632. The van der Waals surface area contributed by atoms with Gasteiger partial charge in [-0.05, 0) is 31.2 Å². The Hall–Kier alpha value is -2.23. The van der Waals surface area contributed by atoms with Crippen LogP contribution in [-0.4, -0.2) is 23.2 Å². The van der Waals surface area contributed by atoms with E-state index in [0.717, 1.165) is 11.4 Å². The van der Waals surface area contributed by atoms with E-state index in [-0.39, 0.29) is 5.97 Å². The minimum absolute atomic E-state index is 0.364. The first-order valence-electron chi connectivity index (χ1n) is 6.17. The van der Waals surface area contributed by atoms with Crippen molar-refractivity contribution >= 4 is 5.97 Å². The van der Waals surface area contributed by atoms with Crippen LogP contribution in [0.15, 0.2) is 42.6 Å². The molecule has 98 valence electrons. The van der Waals surface area contributed by atoms with Crippen LogP contribution in [0, 0.1) is 0 Å². The summed E-state index contributed by atoms with van der Waals surface area (Å²) < 4.78 is 12.9. The van der Waals surface area contributed by atoms with Crippen molar-refractivity contribution in [3.05, 3.63) is 48.3 Å². The number of methoxy groups -OCH3 is 1. The van der Waals surface area contributed by atoms with Crippen molar-refractivity contribution < 1.29 is 14.3 Å². The van der Waals surface area contributed by atoms with Gasteiger partial charge in [-0.2, -0.15) is 0 Å². The summed E-state index contributed by atoms with van der Waals surface area (Å²) in [5, 5.41) is 0. The number of carbonyl (C=O) groups is 1. The number of hydrogen-bond donors (Lipinski definition) is 0. The summed E-state index contributed by atoms with van der Waals surface area (Å²) in [6, 6.07) is 11.6. The Labute approximate surface area is 111 Å². The van der Waals surface area contributed by atoms with Gasteiger partial charge in [-0.15, -0.1) is 0 Å². The normalized spacial score (nSPS) is 20.7. The van der Waals surface area contributed by atoms with Gasteiger partial charge in [0.05, 0.1) is 12.8 Å². The molecule has 2 heterocycles. The molecule has 0 bridgehead atoms. The van der Waals surface area contributed by atoms with Gasteiger partial charge in [0.1, 0.15) is 5.75 Å². The average Bonchev–Trinajstić information content (AvgIpc) is 2.81. The molecule has 4 heteroatoms. The third-order valence-corrected chi connectivity index (χ3v) is 3.43. The molecule has 0 aliphatic carbocycles. The van der Waals surface area contributed by atoms with Gasteiger partial charge in [0.25, 0.3) is 0 Å². The van der Waals surface area contributed by atoms with Crippen molar-refractivity contribution in [3.63, 3.8) is 0 Å². The maximum atomic E-state index is 12.0. The van der Waals surface area contributed by atoms with Crippen molar-refractivity contribution in [3.8, 4) is 11.4 Å². The zero-order valence-electron chi connectivity index (χ0n) is 10.9. The minimum atomic E-state index is -1.00. The highest BCUT2D eigenvalue weighted by atomic mass is 16.6. The maximum Gasteiger partial charge on any atom is 0.350 e. The number of benzene rings is 1. The van der Waals surface area contributed by atoms with Crippen LogP contribution in [-0.2, 0) is 16.0 Å². The van der Waals surface area contributed by atoms with Crippen LogP contribution in [0.3, 0.4) is 0 Å². The van der Waals surface area contributed by atoms with Crippen molar-refractivity contribution in [1.29, 1.82) is 0 Å². The Morgan fingerprint density at radius 1 is 1.32 bits per heavy atom. The van der Waals surface area contributed by atoms with Gasteiger partial charge in [-0.25, -0.2) is 4.79 Å². The number of para-hydroxylation sites is 2. The molecule has 3 rings (SSSR count). The van der Waals surface area contributed by atoms with E-state index in [1.165, 1.54) is 7.11 Å². The van der Waals surface area contributed by atoms with E-state index in [9.17, 15) is 4.79 Å². The molecular weight excluding hydrogens is 242 g/mol. The van der Waals surface area contributed by atoms with Crippen molar-refractivity contribution in [1.82, 2.24) is 4.57 Å². The summed E-state index contributed by atoms with van der Waals surface area (Å²) in [6.45, 7) is 1.76. The van der Waals surface area contributed by atoms with Gasteiger partial charge in [0.2, 0.25) is 5.60 Å². The maximum absolute atomic E-state index is 12.0. The lowest BCUT2D eigenvalue weighted by molar-refractivity contribution is -0.157. The molecule has 1 aliphatic rings. The first-order chi connectivity index (χ1) is 9.14. The molecule has 0 radical (unpaired) electrons. The fraction of sp³-hybridized carbons (Fsp3) is 0.267. The molecule has 0 unspecified atom stereocenters. The molecule has 1 aromatic carbocycles. The lowest BCUT2D eigenvalue weighted by atomic mass is 10.0. The van der Waals surface area contributed by atoms with E-state index >= 15 is 0 Å². The van der Waals surface area contributed by atoms with E-state index in [1.54, 1.807) is 6.92 Å². The van der Waals surface area contributed by atoms with E-state index in [0.29, 0.717) is 12.2 Å². The molecule has 1 aromatic heterocycles. The molecule has 2 aromatic rings. The molecular formula is C15H15NO3. The predicted molar refractivity (Wildman–Crippen MR) is 70.5 cm³/mol. The second kappa shape index (κ2) is 4.16. The molecule has 19 heavy (non-hydrogen) atoms. The summed E-state index contributed by atoms with van der Waals surface area (Å²) in [5.74, 6) is 0.322. The van der Waals surface area contributed by atoms with Crippen LogP contribution in [0.25, 0.3) is 5.69 Å². The number of esters is 1. The van der Waals surface area contributed by atoms with Crippen molar-refractivity contribution in [2.75, 3.05) is 7.11 Å². The Morgan fingerprint density at radius 2 is 2.11 bits per heavy atom. The summed E-state index contributed by atoms with van der Waals surface area (Å²) in [5.41, 5.74) is 0.963. The van der Waals surface area contributed by atoms with E-state index in [2.05, 4.69) is 0 Å². The number of fused-ring (bicyclic) bond motifs is 3. The van der Waals surface area contributed by atoms with E-state index < -0.39 is 5.60 Å². The van der Waals surface area contributed by atoms with Gasteiger partial charge in [0.15, 0.2) is 0 Å². The molecule has 4 nitrogen and oxygen atoms in total. The highest BCUT2D eigenvalue weighted by Gasteiger charge is 2.40. The number of carbonyl (C=O) groups excluding carboxylic acids is 1. The summed E-state index contributed by atoms with van der Waals surface area (Å²) in [6.07, 6.45) is 2.45. The average molecular weight is 257 g/mol. The number of hydrogen-bond acceptors (Lipinski definition) is 3. The van der Waals surface area contributed by atoms with Gasteiger partial charge >= 0.3 is 5.97 Å². The first kappa shape index (κ1) is 11.8. The molecule has 0 spiro atoms.